The minimum Gasteiger partial charge on any atom is -0.508 e. The fourth-order valence-electron chi connectivity index (χ4n) is 1.40. The Hall–Kier alpha value is 0.134. The Morgan fingerprint density at radius 1 is 1.38 bits per heavy atom. The Kier molecular flexibility index (Phi) is 5.48. The number of hydrogen-bond acceptors (Lipinski definition) is 2. The number of benzene rings is 1. The van der Waals surface area contributed by atoms with Crippen LogP contribution < -0.4 is 5.32 Å². The van der Waals surface area contributed by atoms with Gasteiger partial charge in [0.25, 0.3) is 0 Å². The summed E-state index contributed by atoms with van der Waals surface area (Å²) in [7, 11) is 0. The van der Waals surface area contributed by atoms with Crippen molar-refractivity contribution >= 4 is 28.3 Å². The van der Waals surface area contributed by atoms with Crippen LogP contribution >= 0.6 is 22.6 Å². The molecular formula is C12H11INOY-. The second-order valence-corrected chi connectivity index (χ2v) is 4.92. The van der Waals surface area contributed by atoms with E-state index in [-0.39, 0.29) is 38.5 Å². The molecule has 81 valence electrons. The summed E-state index contributed by atoms with van der Waals surface area (Å²) in [6, 6.07) is 7.08. The van der Waals surface area contributed by atoms with E-state index in [9.17, 15) is 5.11 Å². The molecule has 0 saturated heterocycles. The number of allylic oxidation sites excluding steroid dienone is 2. The zero-order valence-electron chi connectivity index (χ0n) is 8.70. The van der Waals surface area contributed by atoms with Gasteiger partial charge in [-0.05, 0) is 12.1 Å². The SMILES string of the molecule is C=C1NC(c2ccc(O)cc2)=[C-]CC1I.[Y]. The van der Waals surface area contributed by atoms with Crippen molar-refractivity contribution in [2.75, 3.05) is 0 Å². The zero-order valence-corrected chi connectivity index (χ0v) is 13.7. The summed E-state index contributed by atoms with van der Waals surface area (Å²) in [6.07, 6.45) is 4.17. The van der Waals surface area contributed by atoms with Gasteiger partial charge >= 0.3 is 0 Å². The molecule has 2 nitrogen and oxygen atoms in total. The van der Waals surface area contributed by atoms with E-state index in [1.165, 1.54) is 0 Å². The van der Waals surface area contributed by atoms with Crippen molar-refractivity contribution in [1.29, 1.82) is 0 Å². The summed E-state index contributed by atoms with van der Waals surface area (Å²) < 4.78 is 0.406. The summed E-state index contributed by atoms with van der Waals surface area (Å²) in [5, 5.41) is 12.4. The molecule has 2 rings (SSSR count). The zero-order chi connectivity index (χ0) is 10.8. The number of aromatic hydroxyl groups is 1. The molecule has 0 amide bonds. The van der Waals surface area contributed by atoms with Crippen molar-refractivity contribution in [3.63, 3.8) is 0 Å². The molecule has 1 unspecified atom stereocenters. The molecule has 1 atom stereocenters. The van der Waals surface area contributed by atoms with Crippen molar-refractivity contribution in [3.05, 3.63) is 48.2 Å². The van der Waals surface area contributed by atoms with Gasteiger partial charge < -0.3 is 10.4 Å². The molecule has 1 aromatic carbocycles. The molecule has 0 fully saturated rings. The molecule has 4 heteroatoms. The minimum atomic E-state index is 0. The molecule has 0 aromatic heterocycles. The van der Waals surface area contributed by atoms with E-state index in [0.29, 0.717) is 3.92 Å². The number of nitrogens with one attached hydrogen (secondary N) is 1. The smallest absolute Gasteiger partial charge is 0.112 e. The number of alkyl halides is 1. The summed E-state index contributed by atoms with van der Waals surface area (Å²) in [4.78, 5) is 0. The second kappa shape index (κ2) is 6.17. The van der Waals surface area contributed by atoms with Crippen molar-refractivity contribution in [3.8, 4) is 5.75 Å². The standard InChI is InChI=1S/C12H11INO.Y/c1-8-11(13)6-7-12(14-8)9-2-4-10(15)5-3-9;/h2-5,11,14-15H,1,6H2;/q-1;. The van der Waals surface area contributed by atoms with Crippen LogP contribution in [0.4, 0.5) is 0 Å². The largest absolute Gasteiger partial charge is 0.508 e. The summed E-state index contributed by atoms with van der Waals surface area (Å²) in [5.41, 5.74) is 2.99. The van der Waals surface area contributed by atoms with Crippen molar-refractivity contribution in [1.82, 2.24) is 5.32 Å². The fourth-order valence-corrected chi connectivity index (χ4v) is 1.78. The maximum absolute atomic E-state index is 9.18. The van der Waals surface area contributed by atoms with E-state index in [1.807, 2.05) is 12.1 Å². The van der Waals surface area contributed by atoms with Crippen LogP contribution in [0.15, 0.2) is 36.5 Å². The van der Waals surface area contributed by atoms with Gasteiger partial charge in [0.05, 0.1) is 0 Å². The number of phenolic OH excluding ortho intramolecular Hbond substituents is 1. The molecule has 0 bridgehead atoms. The molecule has 0 saturated carbocycles. The van der Waals surface area contributed by atoms with E-state index in [2.05, 4.69) is 40.6 Å². The van der Waals surface area contributed by atoms with Crippen LogP contribution in [0, 0.1) is 6.08 Å². The monoisotopic (exact) mass is 401 g/mol. The van der Waals surface area contributed by atoms with Gasteiger partial charge in [-0.1, -0.05) is 35.6 Å². The average Bonchev–Trinajstić information content (AvgIpc) is 2.23. The molecule has 16 heavy (non-hydrogen) atoms. The van der Waals surface area contributed by atoms with Crippen molar-refractivity contribution in [2.45, 2.75) is 10.3 Å². The van der Waals surface area contributed by atoms with Gasteiger partial charge in [0, 0.05) is 42.3 Å². The molecule has 0 spiro atoms. The average molecular weight is 401 g/mol. The van der Waals surface area contributed by atoms with Crippen LogP contribution in [0.2, 0.25) is 0 Å². The van der Waals surface area contributed by atoms with E-state index >= 15 is 0 Å². The maximum Gasteiger partial charge on any atom is 0.112 e. The first kappa shape index (κ1) is 14.2. The molecule has 2 N–H and O–H groups in total. The number of hydrogen-bond donors (Lipinski definition) is 2. The second-order valence-electron chi connectivity index (χ2n) is 3.42. The van der Waals surface area contributed by atoms with Gasteiger partial charge in [-0.15, -0.1) is 17.8 Å². The van der Waals surface area contributed by atoms with Gasteiger partial charge in [-0.3, -0.25) is 0 Å². The van der Waals surface area contributed by atoms with E-state index < -0.39 is 0 Å². The first-order valence-electron chi connectivity index (χ1n) is 4.67. The van der Waals surface area contributed by atoms with E-state index in [0.717, 1.165) is 23.4 Å². The Labute approximate surface area is 134 Å². The van der Waals surface area contributed by atoms with Gasteiger partial charge in [0.2, 0.25) is 0 Å². The first-order chi connectivity index (χ1) is 7.16. The quantitative estimate of drug-likeness (QED) is 0.431. The normalized spacial score (nSPS) is 19.4. The molecule has 1 aliphatic heterocycles. The summed E-state index contributed by atoms with van der Waals surface area (Å²) >= 11 is 2.34. The van der Waals surface area contributed by atoms with Gasteiger partial charge in [0.15, 0.2) is 0 Å². The third kappa shape index (κ3) is 3.31. The van der Waals surface area contributed by atoms with Crippen LogP contribution in [0.25, 0.3) is 5.70 Å². The minimum absolute atomic E-state index is 0. The predicted octanol–water partition coefficient (Wildman–Crippen LogP) is 2.84. The van der Waals surface area contributed by atoms with Crippen LogP contribution in [-0.2, 0) is 32.7 Å². The van der Waals surface area contributed by atoms with Crippen LogP contribution in [0.3, 0.4) is 0 Å². The molecule has 1 heterocycles. The third-order valence-corrected chi connectivity index (χ3v) is 3.47. The summed E-state index contributed by atoms with van der Waals surface area (Å²) in [6.45, 7) is 3.96. The summed E-state index contributed by atoms with van der Waals surface area (Å²) in [5.74, 6) is 0.278. The van der Waals surface area contributed by atoms with Crippen molar-refractivity contribution < 1.29 is 37.8 Å². The third-order valence-electron chi connectivity index (χ3n) is 2.28. The van der Waals surface area contributed by atoms with Crippen LogP contribution in [0.5, 0.6) is 5.75 Å². The Bertz CT molecular complexity index is 414. The molecule has 1 aromatic rings. The molecule has 1 radical (unpaired) electrons. The van der Waals surface area contributed by atoms with Gasteiger partial charge in [-0.2, -0.15) is 5.56 Å². The van der Waals surface area contributed by atoms with Crippen LogP contribution in [-0.4, -0.2) is 9.03 Å². The maximum atomic E-state index is 9.18. The molecule has 1 aliphatic rings. The van der Waals surface area contributed by atoms with Gasteiger partial charge in [-0.25, -0.2) is 6.08 Å². The fraction of sp³-hybridized carbons (Fsp3) is 0.167. The predicted molar refractivity (Wildman–Crippen MR) is 69.5 cm³/mol. The van der Waals surface area contributed by atoms with E-state index in [4.69, 9.17) is 0 Å². The molecule has 0 aliphatic carbocycles. The Morgan fingerprint density at radius 2 is 2.00 bits per heavy atom. The first-order valence-corrected chi connectivity index (χ1v) is 5.91. The molecular weight excluding hydrogens is 390 g/mol. The Balaban J connectivity index is 0.00000128. The number of halogens is 1. The number of phenols is 1. The van der Waals surface area contributed by atoms with Gasteiger partial charge in [0.1, 0.15) is 5.75 Å². The Morgan fingerprint density at radius 3 is 2.56 bits per heavy atom. The topological polar surface area (TPSA) is 32.3 Å². The van der Waals surface area contributed by atoms with E-state index in [1.54, 1.807) is 12.1 Å². The van der Waals surface area contributed by atoms with Crippen LogP contribution in [0.1, 0.15) is 12.0 Å². The number of rotatable bonds is 1. The van der Waals surface area contributed by atoms with Crippen molar-refractivity contribution in [2.24, 2.45) is 0 Å².